The molecule has 1 unspecified atom stereocenters. The lowest BCUT2D eigenvalue weighted by Gasteiger charge is -2.24. The molecule has 0 bridgehead atoms. The zero-order valence-corrected chi connectivity index (χ0v) is 16.0. The van der Waals surface area contributed by atoms with Gasteiger partial charge in [0, 0.05) is 19.6 Å². The van der Waals surface area contributed by atoms with Gasteiger partial charge in [-0.25, -0.2) is 4.79 Å². The molecule has 1 atom stereocenters. The minimum absolute atomic E-state index is 0.290. The highest BCUT2D eigenvalue weighted by molar-refractivity contribution is 5.84. The predicted octanol–water partition coefficient (Wildman–Crippen LogP) is 6.31. The van der Waals surface area contributed by atoms with E-state index in [0.717, 1.165) is 12.8 Å². The minimum Gasteiger partial charge on any atom is -0.426 e. The molecule has 3 heteroatoms. The Balaban J connectivity index is 1.82. The van der Waals surface area contributed by atoms with Crippen LogP contribution in [0.25, 0.3) is 0 Å². The molecule has 1 heterocycles. The molecule has 0 spiro atoms. The summed E-state index contributed by atoms with van der Waals surface area (Å²) in [5.74, 6) is -1.07. The third kappa shape index (κ3) is 9.46. The predicted molar refractivity (Wildman–Crippen MR) is 99.9 cm³/mol. The molecule has 0 aromatic heterocycles. The largest absolute Gasteiger partial charge is 0.426 e. The van der Waals surface area contributed by atoms with E-state index < -0.39 is 5.79 Å². The van der Waals surface area contributed by atoms with Gasteiger partial charge < -0.3 is 9.47 Å². The number of unbranched alkanes of at least 4 members (excludes halogenated alkanes) is 13. The van der Waals surface area contributed by atoms with Gasteiger partial charge in [0.2, 0.25) is 5.79 Å². The van der Waals surface area contributed by atoms with Gasteiger partial charge in [0.15, 0.2) is 0 Å². The molecule has 0 aliphatic carbocycles. The molecule has 0 N–H and O–H groups in total. The molecule has 140 valence electrons. The fourth-order valence-corrected chi connectivity index (χ4v) is 3.35. The summed E-state index contributed by atoms with van der Waals surface area (Å²) in [6.07, 6.45) is 22.8. The molecule has 1 aliphatic heterocycles. The second-order valence-electron chi connectivity index (χ2n) is 7.12. The van der Waals surface area contributed by atoms with Crippen LogP contribution < -0.4 is 0 Å². The number of methoxy groups -OCH3 is 1. The summed E-state index contributed by atoms with van der Waals surface area (Å²) in [6, 6.07) is 0. The van der Waals surface area contributed by atoms with Crippen LogP contribution in [-0.2, 0) is 14.3 Å². The average Bonchev–Trinajstić information content (AvgIpc) is 2.97. The highest BCUT2D eigenvalue weighted by atomic mass is 16.7. The number of cyclic esters (lactones) is 1. The maximum atomic E-state index is 11.2. The summed E-state index contributed by atoms with van der Waals surface area (Å²) in [6.45, 7) is 2.27. The van der Waals surface area contributed by atoms with E-state index in [-0.39, 0.29) is 5.97 Å². The summed E-state index contributed by atoms with van der Waals surface area (Å²) in [7, 11) is 1.60. The van der Waals surface area contributed by atoms with Crippen molar-refractivity contribution < 1.29 is 14.3 Å². The molecular weight excluding hydrogens is 300 g/mol. The van der Waals surface area contributed by atoms with Gasteiger partial charge in [-0.2, -0.15) is 0 Å². The number of carbonyl (C=O) groups is 1. The molecule has 0 saturated heterocycles. The van der Waals surface area contributed by atoms with E-state index in [2.05, 4.69) is 6.92 Å². The average molecular weight is 339 g/mol. The van der Waals surface area contributed by atoms with E-state index >= 15 is 0 Å². The van der Waals surface area contributed by atoms with Crippen LogP contribution in [0.5, 0.6) is 0 Å². The van der Waals surface area contributed by atoms with Crippen molar-refractivity contribution in [1.29, 1.82) is 0 Å². The van der Waals surface area contributed by atoms with Crippen LogP contribution >= 0.6 is 0 Å². The second-order valence-corrected chi connectivity index (χ2v) is 7.12. The van der Waals surface area contributed by atoms with Crippen molar-refractivity contribution in [3.8, 4) is 0 Å². The Hall–Kier alpha value is -0.830. The lowest BCUT2D eigenvalue weighted by atomic mass is 10.0. The van der Waals surface area contributed by atoms with Gasteiger partial charge in [0.1, 0.15) is 0 Å². The number of rotatable bonds is 16. The molecule has 1 aliphatic rings. The minimum atomic E-state index is -0.784. The molecule has 0 amide bonds. The van der Waals surface area contributed by atoms with Crippen LogP contribution in [0.1, 0.15) is 103 Å². The van der Waals surface area contributed by atoms with E-state index in [1.807, 2.05) is 0 Å². The van der Waals surface area contributed by atoms with E-state index in [9.17, 15) is 4.79 Å². The Morgan fingerprint density at radius 2 is 1.29 bits per heavy atom. The van der Waals surface area contributed by atoms with Gasteiger partial charge in [-0.15, -0.1) is 0 Å². The van der Waals surface area contributed by atoms with Crippen LogP contribution in [0, 0.1) is 0 Å². The number of ether oxygens (including phenoxy) is 2. The normalized spacial score (nSPS) is 19.8. The van der Waals surface area contributed by atoms with Gasteiger partial charge in [-0.1, -0.05) is 90.4 Å². The van der Waals surface area contributed by atoms with Crippen LogP contribution in [0.2, 0.25) is 0 Å². The Morgan fingerprint density at radius 3 is 1.67 bits per heavy atom. The summed E-state index contributed by atoms with van der Waals surface area (Å²) >= 11 is 0. The van der Waals surface area contributed by atoms with Crippen molar-refractivity contribution in [2.24, 2.45) is 0 Å². The second kappa shape index (κ2) is 13.5. The first-order valence-electron chi connectivity index (χ1n) is 10.2. The number of esters is 1. The maximum Gasteiger partial charge on any atom is 0.333 e. The molecule has 0 aromatic rings. The smallest absolute Gasteiger partial charge is 0.333 e. The molecule has 3 nitrogen and oxygen atoms in total. The van der Waals surface area contributed by atoms with Crippen molar-refractivity contribution in [1.82, 2.24) is 0 Å². The first-order valence-corrected chi connectivity index (χ1v) is 10.2. The van der Waals surface area contributed by atoms with Crippen LogP contribution in [-0.4, -0.2) is 18.9 Å². The van der Waals surface area contributed by atoms with E-state index in [1.165, 1.54) is 89.5 Å². The van der Waals surface area contributed by atoms with Crippen LogP contribution in [0.15, 0.2) is 12.2 Å². The van der Waals surface area contributed by atoms with Crippen molar-refractivity contribution in [3.63, 3.8) is 0 Å². The topological polar surface area (TPSA) is 35.5 Å². The first kappa shape index (κ1) is 21.2. The SMILES string of the molecule is CCCCCCCCCCCCCCCCC1(OC)C=CC(=O)O1. The van der Waals surface area contributed by atoms with E-state index in [0.29, 0.717) is 0 Å². The standard InChI is InChI=1S/C21H38O3/c1-3-4-5-6-7-8-9-10-11-12-13-14-15-16-18-21(23-2)19-17-20(22)24-21/h17,19H,3-16,18H2,1-2H3. The highest BCUT2D eigenvalue weighted by Crippen LogP contribution is 2.27. The van der Waals surface area contributed by atoms with E-state index in [1.54, 1.807) is 13.2 Å². The Kier molecular flexibility index (Phi) is 11.9. The number of hydrogen-bond acceptors (Lipinski definition) is 3. The number of hydrogen-bond donors (Lipinski definition) is 0. The van der Waals surface area contributed by atoms with Crippen LogP contribution in [0.3, 0.4) is 0 Å². The molecular formula is C21H38O3. The number of carbonyl (C=O) groups excluding carboxylic acids is 1. The molecule has 1 rings (SSSR count). The monoisotopic (exact) mass is 338 g/mol. The summed E-state index contributed by atoms with van der Waals surface area (Å²) in [4.78, 5) is 11.2. The fraction of sp³-hybridized carbons (Fsp3) is 0.857. The molecule has 0 saturated carbocycles. The third-order valence-electron chi connectivity index (χ3n) is 4.97. The maximum absolute atomic E-state index is 11.2. The Morgan fingerprint density at radius 1 is 0.833 bits per heavy atom. The molecule has 0 fully saturated rings. The van der Waals surface area contributed by atoms with Gasteiger partial charge in [-0.3, -0.25) is 0 Å². The van der Waals surface area contributed by atoms with Crippen molar-refractivity contribution >= 4 is 5.97 Å². The highest BCUT2D eigenvalue weighted by Gasteiger charge is 2.34. The van der Waals surface area contributed by atoms with E-state index in [4.69, 9.17) is 9.47 Å². The third-order valence-corrected chi connectivity index (χ3v) is 4.97. The summed E-state index contributed by atoms with van der Waals surface area (Å²) in [5.41, 5.74) is 0. The molecule has 0 aromatic carbocycles. The van der Waals surface area contributed by atoms with Crippen molar-refractivity contribution in [2.45, 2.75) is 109 Å². The quantitative estimate of drug-likeness (QED) is 0.244. The van der Waals surface area contributed by atoms with Gasteiger partial charge in [0.25, 0.3) is 0 Å². The van der Waals surface area contributed by atoms with Crippen LogP contribution in [0.4, 0.5) is 0 Å². The lowest BCUT2D eigenvalue weighted by molar-refractivity contribution is -0.190. The zero-order chi connectivity index (χ0) is 17.5. The molecule has 24 heavy (non-hydrogen) atoms. The van der Waals surface area contributed by atoms with Gasteiger partial charge in [-0.05, 0) is 12.5 Å². The summed E-state index contributed by atoms with van der Waals surface area (Å²) < 4.78 is 10.6. The lowest BCUT2D eigenvalue weighted by Crippen LogP contribution is -2.30. The summed E-state index contributed by atoms with van der Waals surface area (Å²) in [5, 5.41) is 0. The first-order chi connectivity index (χ1) is 11.7. The van der Waals surface area contributed by atoms with Gasteiger partial charge >= 0.3 is 5.97 Å². The van der Waals surface area contributed by atoms with Gasteiger partial charge in [0.05, 0.1) is 0 Å². The Bertz CT molecular complexity index is 351. The molecule has 0 radical (unpaired) electrons. The fourth-order valence-electron chi connectivity index (χ4n) is 3.35. The Labute approximate surface area is 149 Å². The van der Waals surface area contributed by atoms with Crippen molar-refractivity contribution in [2.75, 3.05) is 7.11 Å². The van der Waals surface area contributed by atoms with Crippen molar-refractivity contribution in [3.05, 3.63) is 12.2 Å². The zero-order valence-electron chi connectivity index (χ0n) is 16.0.